The van der Waals surface area contributed by atoms with Gasteiger partial charge in [0, 0.05) is 12.8 Å². The lowest BCUT2D eigenvalue weighted by molar-refractivity contribution is 0.0729. The molecule has 2 fully saturated rings. The molecule has 2 heterocycles. The van der Waals surface area contributed by atoms with Gasteiger partial charge in [0.1, 0.15) is 5.82 Å². The van der Waals surface area contributed by atoms with E-state index < -0.39 is 0 Å². The molecule has 0 radical (unpaired) electrons. The maximum atomic E-state index is 12.1. The number of anilines is 1. The monoisotopic (exact) mass is 281 g/mol. The second-order valence-corrected chi connectivity index (χ2v) is 5.54. The Morgan fingerprint density at radius 2 is 2.26 bits per heavy atom. The largest absolute Gasteiger partial charge is 0.382 e. The molecule has 2 unspecified atom stereocenters. The molecule has 102 valence electrons. The number of carbonyl (C=O) groups excluding carboxylic acids is 1. The predicted molar refractivity (Wildman–Crippen MR) is 72.0 cm³/mol. The Labute approximate surface area is 116 Å². The highest BCUT2D eigenvalue weighted by Crippen LogP contribution is 2.38. The van der Waals surface area contributed by atoms with Gasteiger partial charge >= 0.3 is 0 Å². The van der Waals surface area contributed by atoms with Crippen LogP contribution in [0, 0.1) is 5.92 Å². The first-order chi connectivity index (χ1) is 9.15. The lowest BCUT2D eigenvalue weighted by Gasteiger charge is -2.19. The molecule has 2 aliphatic rings. The highest BCUT2D eigenvalue weighted by molar-refractivity contribution is 6.33. The Hall–Kier alpha value is -1.33. The number of carbonyl (C=O) groups is 1. The van der Waals surface area contributed by atoms with E-state index >= 15 is 0 Å². The van der Waals surface area contributed by atoms with Crippen LogP contribution in [-0.4, -0.2) is 29.6 Å². The molecule has 1 aliphatic heterocycles. The van der Waals surface area contributed by atoms with E-state index in [1.54, 1.807) is 6.07 Å². The van der Waals surface area contributed by atoms with Crippen molar-refractivity contribution in [3.63, 3.8) is 0 Å². The van der Waals surface area contributed by atoms with Gasteiger partial charge in [-0.3, -0.25) is 4.79 Å². The van der Waals surface area contributed by atoms with E-state index in [-0.39, 0.29) is 23.9 Å². The summed E-state index contributed by atoms with van der Waals surface area (Å²) in [5, 5.41) is 3.31. The molecule has 0 aromatic carbocycles. The summed E-state index contributed by atoms with van der Waals surface area (Å²) in [6.07, 6.45) is 4.88. The number of aromatic nitrogens is 1. The third-order valence-electron chi connectivity index (χ3n) is 3.67. The summed E-state index contributed by atoms with van der Waals surface area (Å²) in [6, 6.07) is 1.64. The number of nitrogen functional groups attached to an aromatic ring is 1. The fourth-order valence-electron chi connectivity index (χ4n) is 2.48. The van der Waals surface area contributed by atoms with E-state index in [2.05, 4.69) is 10.3 Å². The lowest BCUT2D eigenvalue weighted by atomic mass is 10.1. The van der Waals surface area contributed by atoms with E-state index in [1.165, 1.54) is 19.0 Å². The Bertz CT molecular complexity index is 505. The van der Waals surface area contributed by atoms with Gasteiger partial charge < -0.3 is 15.8 Å². The van der Waals surface area contributed by atoms with Crippen molar-refractivity contribution in [1.82, 2.24) is 10.3 Å². The number of ether oxygens (including phenoxy) is 1. The van der Waals surface area contributed by atoms with Crippen molar-refractivity contribution in [2.24, 2.45) is 5.92 Å². The second-order valence-electron chi connectivity index (χ2n) is 5.13. The Kier molecular flexibility index (Phi) is 3.33. The number of hydrogen-bond donors (Lipinski definition) is 2. The Morgan fingerprint density at radius 1 is 1.47 bits per heavy atom. The van der Waals surface area contributed by atoms with Gasteiger partial charge in [0.25, 0.3) is 5.91 Å². The molecule has 1 amide bonds. The van der Waals surface area contributed by atoms with Crippen LogP contribution in [0.1, 0.15) is 29.6 Å². The van der Waals surface area contributed by atoms with Crippen molar-refractivity contribution in [3.05, 3.63) is 22.8 Å². The fraction of sp³-hybridized carbons (Fsp3) is 0.538. The van der Waals surface area contributed by atoms with Gasteiger partial charge in [-0.1, -0.05) is 11.6 Å². The van der Waals surface area contributed by atoms with Crippen LogP contribution in [-0.2, 0) is 4.74 Å². The van der Waals surface area contributed by atoms with Gasteiger partial charge in [0.2, 0.25) is 0 Å². The minimum atomic E-state index is -0.171. The van der Waals surface area contributed by atoms with Gasteiger partial charge in [-0.25, -0.2) is 4.98 Å². The van der Waals surface area contributed by atoms with Crippen LogP contribution in [0.15, 0.2) is 12.3 Å². The molecule has 1 aliphatic carbocycles. The number of halogens is 1. The van der Waals surface area contributed by atoms with Crippen LogP contribution < -0.4 is 11.1 Å². The predicted octanol–water partition coefficient (Wildman–Crippen LogP) is 1.61. The average molecular weight is 282 g/mol. The van der Waals surface area contributed by atoms with Gasteiger partial charge in [-0.15, -0.1) is 0 Å². The molecule has 6 heteroatoms. The fourth-order valence-corrected chi connectivity index (χ4v) is 2.65. The summed E-state index contributed by atoms with van der Waals surface area (Å²) in [4.78, 5) is 16.0. The number of amides is 1. The first-order valence-corrected chi connectivity index (χ1v) is 6.86. The van der Waals surface area contributed by atoms with Crippen LogP contribution in [0.2, 0.25) is 5.02 Å². The lowest BCUT2D eigenvalue weighted by Crippen LogP contribution is -2.41. The summed E-state index contributed by atoms with van der Waals surface area (Å²) >= 11 is 5.87. The summed E-state index contributed by atoms with van der Waals surface area (Å²) in [5.74, 6) is 0.676. The van der Waals surface area contributed by atoms with E-state index in [0.717, 1.165) is 6.42 Å². The Morgan fingerprint density at radius 3 is 2.95 bits per heavy atom. The van der Waals surface area contributed by atoms with E-state index in [0.29, 0.717) is 23.1 Å². The molecule has 19 heavy (non-hydrogen) atoms. The van der Waals surface area contributed by atoms with Gasteiger partial charge in [-0.05, 0) is 31.2 Å². The highest BCUT2D eigenvalue weighted by atomic mass is 35.5. The molecule has 5 nitrogen and oxygen atoms in total. The van der Waals surface area contributed by atoms with Crippen LogP contribution in [0.5, 0.6) is 0 Å². The highest BCUT2D eigenvalue weighted by Gasteiger charge is 2.41. The summed E-state index contributed by atoms with van der Waals surface area (Å²) in [7, 11) is 0. The maximum Gasteiger partial charge on any atom is 0.253 e. The third kappa shape index (κ3) is 2.67. The van der Waals surface area contributed by atoms with Crippen LogP contribution in [0.25, 0.3) is 0 Å². The van der Waals surface area contributed by atoms with Crippen molar-refractivity contribution in [2.75, 3.05) is 12.3 Å². The van der Waals surface area contributed by atoms with Crippen molar-refractivity contribution < 1.29 is 9.53 Å². The molecular weight excluding hydrogens is 266 g/mol. The van der Waals surface area contributed by atoms with Crippen molar-refractivity contribution in [1.29, 1.82) is 0 Å². The average Bonchev–Trinajstić information content (AvgIpc) is 3.13. The maximum absolute atomic E-state index is 12.1. The smallest absolute Gasteiger partial charge is 0.253 e. The van der Waals surface area contributed by atoms with Crippen LogP contribution in [0.4, 0.5) is 5.82 Å². The van der Waals surface area contributed by atoms with Gasteiger partial charge in [0.15, 0.2) is 0 Å². The normalized spacial score (nSPS) is 26.4. The first kappa shape index (κ1) is 12.7. The summed E-state index contributed by atoms with van der Waals surface area (Å²) < 4.78 is 5.69. The molecule has 1 aromatic rings. The van der Waals surface area contributed by atoms with Crippen molar-refractivity contribution in [2.45, 2.75) is 31.4 Å². The number of hydrogen-bond acceptors (Lipinski definition) is 4. The van der Waals surface area contributed by atoms with Gasteiger partial charge in [-0.2, -0.15) is 0 Å². The quantitative estimate of drug-likeness (QED) is 0.882. The zero-order valence-corrected chi connectivity index (χ0v) is 11.2. The van der Waals surface area contributed by atoms with Gasteiger partial charge in [0.05, 0.1) is 22.7 Å². The van der Waals surface area contributed by atoms with Crippen molar-refractivity contribution in [3.8, 4) is 0 Å². The zero-order valence-electron chi connectivity index (χ0n) is 10.4. The molecule has 0 spiro atoms. The Balaban J connectivity index is 1.68. The number of pyridine rings is 1. The zero-order chi connectivity index (χ0) is 13.4. The SMILES string of the molecule is Nc1ncc(C(=O)NC2CCOC2C2CC2)cc1Cl. The number of rotatable bonds is 3. The molecule has 2 atom stereocenters. The minimum Gasteiger partial charge on any atom is -0.382 e. The van der Waals surface area contributed by atoms with Crippen LogP contribution in [0.3, 0.4) is 0 Å². The molecule has 3 rings (SSSR count). The molecule has 1 aromatic heterocycles. The van der Waals surface area contributed by atoms with Crippen molar-refractivity contribution >= 4 is 23.3 Å². The second kappa shape index (κ2) is 4.98. The van der Waals surface area contributed by atoms with E-state index in [9.17, 15) is 4.79 Å². The molecule has 1 saturated heterocycles. The van der Waals surface area contributed by atoms with Crippen LogP contribution >= 0.6 is 11.6 Å². The molecule has 3 N–H and O–H groups in total. The van der Waals surface area contributed by atoms with E-state index in [1.807, 2.05) is 0 Å². The first-order valence-electron chi connectivity index (χ1n) is 6.48. The molecule has 1 saturated carbocycles. The number of nitrogens with zero attached hydrogens (tertiary/aromatic N) is 1. The number of nitrogens with one attached hydrogen (secondary N) is 1. The molecule has 0 bridgehead atoms. The standard InChI is InChI=1S/C13H16ClN3O2/c14-9-5-8(6-16-12(9)15)13(18)17-10-3-4-19-11(10)7-1-2-7/h5-7,10-11H,1-4H2,(H2,15,16)(H,17,18). The summed E-state index contributed by atoms with van der Waals surface area (Å²) in [5.41, 5.74) is 5.96. The number of nitrogens with two attached hydrogens (primary N) is 1. The topological polar surface area (TPSA) is 77.2 Å². The van der Waals surface area contributed by atoms with E-state index in [4.69, 9.17) is 22.1 Å². The summed E-state index contributed by atoms with van der Waals surface area (Å²) in [6.45, 7) is 0.715. The molecular formula is C13H16ClN3O2. The third-order valence-corrected chi connectivity index (χ3v) is 3.97. The minimum absolute atomic E-state index is 0.0938.